The highest BCUT2D eigenvalue weighted by Gasteiger charge is 1.94. The fraction of sp³-hybridized carbons (Fsp3) is 0.867. The molecule has 0 saturated carbocycles. The summed E-state index contributed by atoms with van der Waals surface area (Å²) in [5.74, 6) is 0.588. The minimum atomic E-state index is 0.588. The maximum Gasteiger partial charge on any atom is 0.0882 e. The van der Waals surface area contributed by atoms with Crippen LogP contribution in [-0.2, 0) is 0 Å². The molecule has 96 valence electrons. The van der Waals surface area contributed by atoms with E-state index in [1.807, 2.05) is 6.08 Å². The van der Waals surface area contributed by atoms with Gasteiger partial charge < -0.3 is 5.11 Å². The lowest BCUT2D eigenvalue weighted by Crippen LogP contribution is -1.84. The first-order chi connectivity index (χ1) is 7.81. The van der Waals surface area contributed by atoms with E-state index in [4.69, 9.17) is 0 Å². The number of allylic oxidation sites excluding steroid dienone is 2. The van der Waals surface area contributed by atoms with Crippen molar-refractivity contribution in [3.8, 4) is 0 Å². The summed E-state index contributed by atoms with van der Waals surface area (Å²) < 4.78 is 0. The SMILES string of the molecule is CCC=C(O)CCCCCCCCCCC. The van der Waals surface area contributed by atoms with Gasteiger partial charge in [-0.1, -0.05) is 65.2 Å². The van der Waals surface area contributed by atoms with Crippen LogP contribution < -0.4 is 0 Å². The second-order valence-electron chi connectivity index (χ2n) is 4.68. The van der Waals surface area contributed by atoms with E-state index in [2.05, 4.69) is 13.8 Å². The van der Waals surface area contributed by atoms with Gasteiger partial charge in [-0.15, -0.1) is 0 Å². The van der Waals surface area contributed by atoms with Crippen molar-refractivity contribution in [2.24, 2.45) is 0 Å². The Morgan fingerprint density at radius 2 is 1.31 bits per heavy atom. The highest BCUT2D eigenvalue weighted by Crippen LogP contribution is 2.12. The van der Waals surface area contributed by atoms with E-state index < -0.39 is 0 Å². The van der Waals surface area contributed by atoms with Gasteiger partial charge in [-0.05, 0) is 18.9 Å². The van der Waals surface area contributed by atoms with Gasteiger partial charge in [-0.3, -0.25) is 0 Å². The van der Waals surface area contributed by atoms with E-state index in [-0.39, 0.29) is 0 Å². The first kappa shape index (κ1) is 15.5. The van der Waals surface area contributed by atoms with Crippen molar-refractivity contribution in [2.45, 2.75) is 84.5 Å². The molecular weight excluding hydrogens is 196 g/mol. The van der Waals surface area contributed by atoms with Gasteiger partial charge in [0.05, 0.1) is 5.76 Å². The number of aliphatic hydroxyl groups is 1. The minimum absolute atomic E-state index is 0.588. The van der Waals surface area contributed by atoms with Crippen LogP contribution in [0.5, 0.6) is 0 Å². The number of unbranched alkanes of at least 4 members (excludes halogenated alkanes) is 8. The second kappa shape index (κ2) is 12.6. The standard InChI is InChI=1S/C15H30O/c1-3-5-6-7-8-9-10-11-12-14-15(16)13-4-2/h13,16H,3-12,14H2,1-2H3. The Labute approximate surface area is 102 Å². The number of aliphatic hydroxyl groups excluding tert-OH is 1. The predicted molar refractivity (Wildman–Crippen MR) is 72.8 cm³/mol. The van der Waals surface area contributed by atoms with E-state index in [0.717, 1.165) is 19.3 Å². The number of hydrogen-bond donors (Lipinski definition) is 1. The molecule has 16 heavy (non-hydrogen) atoms. The Balaban J connectivity index is 3.07. The Kier molecular flexibility index (Phi) is 12.2. The third kappa shape index (κ3) is 11.6. The molecule has 1 N–H and O–H groups in total. The average Bonchev–Trinajstić information content (AvgIpc) is 2.27. The van der Waals surface area contributed by atoms with Gasteiger partial charge in [0.1, 0.15) is 0 Å². The zero-order chi connectivity index (χ0) is 12.1. The van der Waals surface area contributed by atoms with E-state index in [1.54, 1.807) is 0 Å². The second-order valence-corrected chi connectivity index (χ2v) is 4.68. The first-order valence-electron chi connectivity index (χ1n) is 7.19. The topological polar surface area (TPSA) is 20.2 Å². The summed E-state index contributed by atoms with van der Waals surface area (Å²) in [7, 11) is 0. The largest absolute Gasteiger partial charge is 0.513 e. The smallest absolute Gasteiger partial charge is 0.0882 e. The van der Waals surface area contributed by atoms with Gasteiger partial charge >= 0.3 is 0 Å². The van der Waals surface area contributed by atoms with Gasteiger partial charge in [0.15, 0.2) is 0 Å². The molecular formula is C15H30O. The molecule has 0 radical (unpaired) electrons. The summed E-state index contributed by atoms with van der Waals surface area (Å²) in [5, 5.41) is 9.41. The van der Waals surface area contributed by atoms with E-state index in [1.165, 1.54) is 51.4 Å². The Hall–Kier alpha value is -0.460. The third-order valence-electron chi connectivity index (χ3n) is 2.98. The van der Waals surface area contributed by atoms with Crippen molar-refractivity contribution in [3.05, 3.63) is 11.8 Å². The zero-order valence-corrected chi connectivity index (χ0v) is 11.3. The molecule has 0 fully saturated rings. The normalized spacial score (nSPS) is 12.0. The third-order valence-corrected chi connectivity index (χ3v) is 2.98. The van der Waals surface area contributed by atoms with Crippen LogP contribution in [0.25, 0.3) is 0 Å². The van der Waals surface area contributed by atoms with Crippen molar-refractivity contribution in [1.29, 1.82) is 0 Å². The monoisotopic (exact) mass is 226 g/mol. The Morgan fingerprint density at radius 1 is 0.812 bits per heavy atom. The summed E-state index contributed by atoms with van der Waals surface area (Å²) >= 11 is 0. The molecule has 0 aliphatic carbocycles. The van der Waals surface area contributed by atoms with Crippen LogP contribution in [0.1, 0.15) is 84.5 Å². The number of rotatable bonds is 11. The summed E-state index contributed by atoms with van der Waals surface area (Å²) in [6.45, 7) is 4.32. The van der Waals surface area contributed by atoms with Gasteiger partial charge in [-0.25, -0.2) is 0 Å². The molecule has 0 aromatic heterocycles. The van der Waals surface area contributed by atoms with Crippen LogP contribution in [0.3, 0.4) is 0 Å². The van der Waals surface area contributed by atoms with Crippen molar-refractivity contribution in [1.82, 2.24) is 0 Å². The van der Waals surface area contributed by atoms with Crippen molar-refractivity contribution in [2.75, 3.05) is 0 Å². The summed E-state index contributed by atoms with van der Waals surface area (Å²) in [5.41, 5.74) is 0. The van der Waals surface area contributed by atoms with Gasteiger partial charge in [0.25, 0.3) is 0 Å². The van der Waals surface area contributed by atoms with Crippen molar-refractivity contribution < 1.29 is 5.11 Å². The van der Waals surface area contributed by atoms with Crippen LogP contribution in [0, 0.1) is 0 Å². The van der Waals surface area contributed by atoms with E-state index in [0.29, 0.717) is 5.76 Å². The summed E-state index contributed by atoms with van der Waals surface area (Å²) in [6, 6.07) is 0. The lowest BCUT2D eigenvalue weighted by molar-refractivity contribution is 0.377. The summed E-state index contributed by atoms with van der Waals surface area (Å²) in [6.07, 6.45) is 15.8. The lowest BCUT2D eigenvalue weighted by Gasteiger charge is -2.02. The van der Waals surface area contributed by atoms with Crippen molar-refractivity contribution >= 4 is 0 Å². The molecule has 1 heteroatoms. The van der Waals surface area contributed by atoms with Gasteiger partial charge in [0.2, 0.25) is 0 Å². The molecule has 0 aliphatic rings. The predicted octanol–water partition coefficient (Wildman–Crippen LogP) is 5.76. The molecule has 0 spiro atoms. The van der Waals surface area contributed by atoms with Crippen molar-refractivity contribution in [3.63, 3.8) is 0 Å². The van der Waals surface area contributed by atoms with Crippen LogP contribution in [0.4, 0.5) is 0 Å². The van der Waals surface area contributed by atoms with Crippen LogP contribution >= 0.6 is 0 Å². The molecule has 0 unspecified atom stereocenters. The zero-order valence-electron chi connectivity index (χ0n) is 11.3. The maximum absolute atomic E-state index is 9.41. The maximum atomic E-state index is 9.41. The van der Waals surface area contributed by atoms with E-state index >= 15 is 0 Å². The fourth-order valence-electron chi connectivity index (χ4n) is 1.95. The van der Waals surface area contributed by atoms with Crippen LogP contribution in [0.2, 0.25) is 0 Å². The first-order valence-corrected chi connectivity index (χ1v) is 7.19. The fourth-order valence-corrected chi connectivity index (χ4v) is 1.95. The molecule has 0 atom stereocenters. The lowest BCUT2D eigenvalue weighted by atomic mass is 10.1. The minimum Gasteiger partial charge on any atom is -0.513 e. The molecule has 0 aliphatic heterocycles. The van der Waals surface area contributed by atoms with Crippen LogP contribution in [-0.4, -0.2) is 5.11 Å². The molecule has 0 bridgehead atoms. The molecule has 0 amide bonds. The molecule has 0 aromatic carbocycles. The van der Waals surface area contributed by atoms with Gasteiger partial charge in [-0.2, -0.15) is 0 Å². The molecule has 1 nitrogen and oxygen atoms in total. The van der Waals surface area contributed by atoms with Gasteiger partial charge in [0, 0.05) is 6.42 Å². The molecule has 0 aromatic rings. The molecule has 0 saturated heterocycles. The highest BCUT2D eigenvalue weighted by atomic mass is 16.3. The molecule has 0 rings (SSSR count). The Bertz CT molecular complexity index is 161. The number of hydrogen-bond acceptors (Lipinski definition) is 1. The highest BCUT2D eigenvalue weighted by molar-refractivity contribution is 4.89. The molecule has 0 heterocycles. The van der Waals surface area contributed by atoms with Crippen LogP contribution in [0.15, 0.2) is 11.8 Å². The Morgan fingerprint density at radius 3 is 1.81 bits per heavy atom. The quantitative estimate of drug-likeness (QED) is 0.351. The average molecular weight is 226 g/mol. The summed E-state index contributed by atoms with van der Waals surface area (Å²) in [4.78, 5) is 0. The van der Waals surface area contributed by atoms with E-state index in [9.17, 15) is 5.11 Å².